The maximum absolute atomic E-state index is 12.6. The molecule has 2 N–H and O–H groups in total. The fourth-order valence-electron chi connectivity index (χ4n) is 2.42. The first kappa shape index (κ1) is 19.1. The highest BCUT2D eigenvalue weighted by molar-refractivity contribution is 9.10. The molecule has 0 radical (unpaired) electrons. The van der Waals surface area contributed by atoms with Crippen molar-refractivity contribution in [3.63, 3.8) is 0 Å². The summed E-state index contributed by atoms with van der Waals surface area (Å²) >= 11 is 3.34. The number of amides is 1. The van der Waals surface area contributed by atoms with Gasteiger partial charge in [0.1, 0.15) is 0 Å². The van der Waals surface area contributed by atoms with Crippen LogP contribution in [0.2, 0.25) is 0 Å². The Kier molecular flexibility index (Phi) is 5.62. The Hall–Kier alpha value is -2.64. The molecule has 0 unspecified atom stereocenters. The second-order valence-electron chi connectivity index (χ2n) is 5.93. The number of aryl methyl sites for hydroxylation is 1. The van der Waals surface area contributed by atoms with E-state index in [0.717, 1.165) is 10.0 Å². The number of anilines is 2. The molecule has 27 heavy (non-hydrogen) atoms. The molecule has 3 aromatic rings. The van der Waals surface area contributed by atoms with E-state index in [0.29, 0.717) is 5.69 Å². The van der Waals surface area contributed by atoms with Crippen molar-refractivity contribution in [2.75, 3.05) is 10.0 Å². The molecule has 0 saturated carbocycles. The summed E-state index contributed by atoms with van der Waals surface area (Å²) in [5, 5.41) is 2.76. The van der Waals surface area contributed by atoms with Crippen LogP contribution in [0.1, 0.15) is 15.9 Å². The number of para-hydroxylation sites is 1. The van der Waals surface area contributed by atoms with Gasteiger partial charge in [0.15, 0.2) is 0 Å². The molecule has 0 aliphatic rings. The minimum absolute atomic E-state index is 0.135. The smallest absolute Gasteiger partial charge is 0.261 e. The van der Waals surface area contributed by atoms with Gasteiger partial charge in [0.25, 0.3) is 15.9 Å². The molecule has 3 rings (SSSR count). The topological polar surface area (TPSA) is 75.3 Å². The zero-order chi connectivity index (χ0) is 19.4. The predicted octanol–water partition coefficient (Wildman–Crippen LogP) is 4.81. The summed E-state index contributed by atoms with van der Waals surface area (Å²) in [7, 11) is -3.80. The number of carbonyl (C=O) groups excluding carboxylic acids is 1. The monoisotopic (exact) mass is 444 g/mol. The van der Waals surface area contributed by atoms with E-state index in [-0.39, 0.29) is 16.1 Å². The second kappa shape index (κ2) is 7.94. The third-order valence-corrected chi connectivity index (χ3v) is 5.76. The molecule has 0 heterocycles. The van der Waals surface area contributed by atoms with Gasteiger partial charge in [-0.3, -0.25) is 9.52 Å². The quantitative estimate of drug-likeness (QED) is 0.592. The Labute approximate surface area is 166 Å². The maximum Gasteiger partial charge on any atom is 0.261 e. The van der Waals surface area contributed by atoms with E-state index in [1.54, 1.807) is 48.5 Å². The Morgan fingerprint density at radius 1 is 0.889 bits per heavy atom. The first-order valence-corrected chi connectivity index (χ1v) is 10.4. The van der Waals surface area contributed by atoms with Crippen molar-refractivity contribution in [3.8, 4) is 0 Å². The molecule has 0 fully saturated rings. The molecule has 0 aliphatic heterocycles. The number of benzene rings is 3. The zero-order valence-electron chi connectivity index (χ0n) is 14.4. The molecule has 0 saturated heterocycles. The van der Waals surface area contributed by atoms with Gasteiger partial charge >= 0.3 is 0 Å². The highest BCUT2D eigenvalue weighted by Crippen LogP contribution is 2.22. The van der Waals surface area contributed by atoms with Gasteiger partial charge in [0, 0.05) is 10.2 Å². The number of halogens is 1. The summed E-state index contributed by atoms with van der Waals surface area (Å²) in [6, 6.07) is 20.1. The fourth-order valence-corrected chi connectivity index (χ4v) is 3.77. The summed E-state index contributed by atoms with van der Waals surface area (Å²) in [6.45, 7) is 1.88. The largest absolute Gasteiger partial charge is 0.322 e. The Morgan fingerprint density at radius 3 is 2.19 bits per heavy atom. The predicted molar refractivity (Wildman–Crippen MR) is 111 cm³/mol. The van der Waals surface area contributed by atoms with Crippen LogP contribution in [0.4, 0.5) is 11.4 Å². The molecular formula is C20H17BrN2O3S. The van der Waals surface area contributed by atoms with Crippen LogP contribution >= 0.6 is 15.9 Å². The lowest BCUT2D eigenvalue weighted by Gasteiger charge is -2.13. The SMILES string of the molecule is Cc1ccc(S(=O)(=O)Nc2ccccc2C(=O)Nc2ccc(Br)cc2)cc1. The number of hydrogen-bond donors (Lipinski definition) is 2. The van der Waals surface area contributed by atoms with E-state index < -0.39 is 15.9 Å². The van der Waals surface area contributed by atoms with Gasteiger partial charge < -0.3 is 5.32 Å². The van der Waals surface area contributed by atoms with Gasteiger partial charge in [0.05, 0.1) is 16.1 Å². The summed E-state index contributed by atoms with van der Waals surface area (Å²) < 4.78 is 28.7. The summed E-state index contributed by atoms with van der Waals surface area (Å²) in [5.74, 6) is -0.403. The molecule has 0 aromatic heterocycles. The van der Waals surface area contributed by atoms with Crippen molar-refractivity contribution in [2.24, 2.45) is 0 Å². The van der Waals surface area contributed by atoms with Crippen LogP contribution in [0.25, 0.3) is 0 Å². The average Bonchev–Trinajstić information content (AvgIpc) is 2.64. The summed E-state index contributed by atoms with van der Waals surface area (Å²) in [4.78, 5) is 12.8. The van der Waals surface area contributed by atoms with Gasteiger partial charge in [-0.25, -0.2) is 8.42 Å². The minimum Gasteiger partial charge on any atom is -0.322 e. The highest BCUT2D eigenvalue weighted by Gasteiger charge is 2.18. The van der Waals surface area contributed by atoms with E-state index in [2.05, 4.69) is 26.0 Å². The van der Waals surface area contributed by atoms with Gasteiger partial charge in [-0.15, -0.1) is 0 Å². The van der Waals surface area contributed by atoms with Crippen LogP contribution in [0.5, 0.6) is 0 Å². The van der Waals surface area contributed by atoms with Crippen LogP contribution in [0.3, 0.4) is 0 Å². The fraction of sp³-hybridized carbons (Fsp3) is 0.0500. The van der Waals surface area contributed by atoms with Crippen LogP contribution in [-0.4, -0.2) is 14.3 Å². The van der Waals surface area contributed by atoms with E-state index in [9.17, 15) is 13.2 Å². The molecule has 3 aromatic carbocycles. The first-order valence-electron chi connectivity index (χ1n) is 8.10. The minimum atomic E-state index is -3.80. The van der Waals surface area contributed by atoms with Gasteiger partial charge in [-0.1, -0.05) is 45.8 Å². The number of hydrogen-bond acceptors (Lipinski definition) is 3. The van der Waals surface area contributed by atoms with Crippen LogP contribution in [-0.2, 0) is 10.0 Å². The van der Waals surface area contributed by atoms with E-state index in [4.69, 9.17) is 0 Å². The molecule has 0 aliphatic carbocycles. The maximum atomic E-state index is 12.6. The molecule has 0 spiro atoms. The second-order valence-corrected chi connectivity index (χ2v) is 8.52. The van der Waals surface area contributed by atoms with Gasteiger partial charge in [-0.05, 0) is 55.5 Å². The number of nitrogens with one attached hydrogen (secondary N) is 2. The molecule has 0 atom stereocenters. The lowest BCUT2D eigenvalue weighted by Crippen LogP contribution is -2.18. The van der Waals surface area contributed by atoms with Crippen molar-refractivity contribution < 1.29 is 13.2 Å². The number of sulfonamides is 1. The van der Waals surface area contributed by atoms with Gasteiger partial charge in [0.2, 0.25) is 0 Å². The normalized spacial score (nSPS) is 11.0. The Bertz CT molecular complexity index is 1060. The molecule has 138 valence electrons. The van der Waals surface area contributed by atoms with E-state index in [1.165, 1.54) is 12.1 Å². The van der Waals surface area contributed by atoms with Crippen LogP contribution in [0.15, 0.2) is 82.2 Å². The third kappa shape index (κ3) is 4.75. The first-order chi connectivity index (χ1) is 12.8. The van der Waals surface area contributed by atoms with Crippen molar-refractivity contribution in [2.45, 2.75) is 11.8 Å². The van der Waals surface area contributed by atoms with Crippen molar-refractivity contribution in [3.05, 3.63) is 88.4 Å². The van der Waals surface area contributed by atoms with E-state index in [1.807, 2.05) is 19.1 Å². The molecule has 1 amide bonds. The zero-order valence-corrected chi connectivity index (χ0v) is 16.8. The Balaban J connectivity index is 1.86. The lowest BCUT2D eigenvalue weighted by molar-refractivity contribution is 0.102. The van der Waals surface area contributed by atoms with Gasteiger partial charge in [-0.2, -0.15) is 0 Å². The standard InChI is InChI=1S/C20H17BrN2O3S/c1-14-6-12-17(13-7-14)27(25,26)23-19-5-3-2-4-18(19)20(24)22-16-10-8-15(21)9-11-16/h2-13,23H,1H3,(H,22,24). The molecule has 0 bridgehead atoms. The van der Waals surface area contributed by atoms with Crippen molar-refractivity contribution in [1.29, 1.82) is 0 Å². The summed E-state index contributed by atoms with van der Waals surface area (Å²) in [5.41, 5.74) is 2.02. The number of rotatable bonds is 5. The highest BCUT2D eigenvalue weighted by atomic mass is 79.9. The van der Waals surface area contributed by atoms with E-state index >= 15 is 0 Å². The van der Waals surface area contributed by atoms with Crippen LogP contribution < -0.4 is 10.0 Å². The van der Waals surface area contributed by atoms with Crippen molar-refractivity contribution >= 4 is 43.2 Å². The molecule has 7 heteroatoms. The summed E-state index contributed by atoms with van der Waals surface area (Å²) in [6.07, 6.45) is 0. The number of carbonyl (C=O) groups is 1. The third-order valence-electron chi connectivity index (χ3n) is 3.85. The molecule has 5 nitrogen and oxygen atoms in total. The lowest BCUT2D eigenvalue weighted by atomic mass is 10.1. The van der Waals surface area contributed by atoms with Crippen molar-refractivity contribution in [1.82, 2.24) is 0 Å². The Morgan fingerprint density at radius 2 is 1.52 bits per heavy atom. The molecular weight excluding hydrogens is 428 g/mol. The average molecular weight is 445 g/mol. The van der Waals surface area contributed by atoms with Crippen LogP contribution in [0, 0.1) is 6.92 Å².